The quantitative estimate of drug-likeness (QED) is 0.914. The minimum atomic E-state index is -0.237. The molecule has 0 aliphatic rings. The first kappa shape index (κ1) is 12.9. The SMILES string of the molecule is COc1ccc(Cl)cc1C(N)c1cccc(C)c1. The van der Waals surface area contributed by atoms with Crippen LogP contribution in [0.2, 0.25) is 5.02 Å². The van der Waals surface area contributed by atoms with E-state index < -0.39 is 0 Å². The summed E-state index contributed by atoms with van der Waals surface area (Å²) in [5.74, 6) is 0.758. The molecule has 0 radical (unpaired) electrons. The molecule has 0 saturated heterocycles. The van der Waals surface area contributed by atoms with Gasteiger partial charge in [-0.05, 0) is 30.7 Å². The normalized spacial score (nSPS) is 12.2. The Bertz CT molecular complexity index is 554. The van der Waals surface area contributed by atoms with E-state index in [1.807, 2.05) is 37.3 Å². The minimum absolute atomic E-state index is 0.237. The topological polar surface area (TPSA) is 35.2 Å². The average molecular weight is 262 g/mol. The van der Waals surface area contributed by atoms with E-state index in [0.717, 1.165) is 16.9 Å². The number of nitrogens with two attached hydrogens (primary N) is 1. The summed E-state index contributed by atoms with van der Waals surface area (Å²) in [6.45, 7) is 2.05. The Balaban J connectivity index is 2.44. The molecule has 18 heavy (non-hydrogen) atoms. The Kier molecular flexibility index (Phi) is 3.90. The monoisotopic (exact) mass is 261 g/mol. The Morgan fingerprint density at radius 2 is 1.94 bits per heavy atom. The van der Waals surface area contributed by atoms with Gasteiger partial charge in [0.05, 0.1) is 13.2 Å². The molecule has 0 fully saturated rings. The van der Waals surface area contributed by atoms with E-state index in [1.54, 1.807) is 13.2 Å². The van der Waals surface area contributed by atoms with Gasteiger partial charge in [0.25, 0.3) is 0 Å². The third-order valence-corrected chi connectivity index (χ3v) is 3.16. The number of halogens is 1. The second-order valence-electron chi connectivity index (χ2n) is 4.28. The molecule has 0 spiro atoms. The van der Waals surface area contributed by atoms with Gasteiger partial charge in [0, 0.05) is 10.6 Å². The molecular weight excluding hydrogens is 246 g/mol. The molecule has 2 aromatic rings. The highest BCUT2D eigenvalue weighted by Crippen LogP contribution is 2.30. The van der Waals surface area contributed by atoms with Gasteiger partial charge in [0.2, 0.25) is 0 Å². The molecule has 94 valence electrons. The third kappa shape index (κ3) is 2.66. The molecule has 0 aromatic heterocycles. The maximum absolute atomic E-state index is 6.29. The van der Waals surface area contributed by atoms with Gasteiger partial charge in [-0.25, -0.2) is 0 Å². The fourth-order valence-corrected chi connectivity index (χ4v) is 2.17. The number of aryl methyl sites for hydroxylation is 1. The Labute approximate surface area is 112 Å². The number of rotatable bonds is 3. The lowest BCUT2D eigenvalue weighted by atomic mass is 9.97. The lowest BCUT2D eigenvalue weighted by Gasteiger charge is -2.17. The molecule has 2 aromatic carbocycles. The molecule has 3 heteroatoms. The van der Waals surface area contributed by atoms with Crippen molar-refractivity contribution in [2.75, 3.05) is 7.11 Å². The zero-order chi connectivity index (χ0) is 13.1. The van der Waals surface area contributed by atoms with Gasteiger partial charge < -0.3 is 10.5 Å². The zero-order valence-electron chi connectivity index (χ0n) is 10.5. The standard InChI is InChI=1S/C15H16ClNO/c1-10-4-3-5-11(8-10)15(17)13-9-12(16)6-7-14(13)18-2/h3-9,15H,17H2,1-2H3. The fraction of sp³-hybridized carbons (Fsp3) is 0.200. The first-order valence-corrected chi connectivity index (χ1v) is 6.15. The summed E-state index contributed by atoms with van der Waals surface area (Å²) in [5, 5.41) is 0.661. The minimum Gasteiger partial charge on any atom is -0.496 e. The van der Waals surface area contributed by atoms with Crippen molar-refractivity contribution in [3.8, 4) is 5.75 Å². The van der Waals surface area contributed by atoms with Crippen LogP contribution in [-0.2, 0) is 0 Å². The summed E-state index contributed by atoms with van der Waals surface area (Å²) < 4.78 is 5.33. The van der Waals surface area contributed by atoms with E-state index >= 15 is 0 Å². The number of hydrogen-bond acceptors (Lipinski definition) is 2. The van der Waals surface area contributed by atoms with Crippen molar-refractivity contribution in [1.29, 1.82) is 0 Å². The first-order chi connectivity index (χ1) is 8.61. The van der Waals surface area contributed by atoms with Gasteiger partial charge in [-0.2, -0.15) is 0 Å². The summed E-state index contributed by atoms with van der Waals surface area (Å²) >= 11 is 6.03. The molecule has 0 aliphatic carbocycles. The van der Waals surface area contributed by atoms with Crippen LogP contribution in [-0.4, -0.2) is 7.11 Å². The van der Waals surface area contributed by atoms with Crippen LogP contribution in [0.5, 0.6) is 5.75 Å². The van der Waals surface area contributed by atoms with E-state index in [2.05, 4.69) is 6.07 Å². The summed E-state index contributed by atoms with van der Waals surface area (Å²) in [4.78, 5) is 0. The van der Waals surface area contributed by atoms with Gasteiger partial charge in [0.1, 0.15) is 5.75 Å². The summed E-state index contributed by atoms with van der Waals surface area (Å²) in [6.07, 6.45) is 0. The maximum Gasteiger partial charge on any atom is 0.124 e. The molecule has 2 rings (SSSR count). The summed E-state index contributed by atoms with van der Waals surface area (Å²) in [5.41, 5.74) is 9.43. The molecule has 0 heterocycles. The van der Waals surface area contributed by atoms with Crippen molar-refractivity contribution in [3.63, 3.8) is 0 Å². The van der Waals surface area contributed by atoms with Crippen molar-refractivity contribution in [2.45, 2.75) is 13.0 Å². The van der Waals surface area contributed by atoms with Crippen LogP contribution in [0.4, 0.5) is 0 Å². The number of hydrogen-bond donors (Lipinski definition) is 1. The van der Waals surface area contributed by atoms with Crippen molar-refractivity contribution in [2.24, 2.45) is 5.73 Å². The summed E-state index contributed by atoms with van der Waals surface area (Å²) in [7, 11) is 1.63. The van der Waals surface area contributed by atoms with Crippen molar-refractivity contribution < 1.29 is 4.74 Å². The van der Waals surface area contributed by atoms with E-state index in [1.165, 1.54) is 5.56 Å². The lowest BCUT2D eigenvalue weighted by molar-refractivity contribution is 0.408. The predicted molar refractivity (Wildman–Crippen MR) is 75.2 cm³/mol. The van der Waals surface area contributed by atoms with Crippen LogP contribution in [0.15, 0.2) is 42.5 Å². The van der Waals surface area contributed by atoms with Gasteiger partial charge in [-0.1, -0.05) is 41.4 Å². The van der Waals surface area contributed by atoms with E-state index in [4.69, 9.17) is 22.1 Å². The maximum atomic E-state index is 6.29. The molecular formula is C15H16ClNO. The van der Waals surface area contributed by atoms with Gasteiger partial charge >= 0.3 is 0 Å². The fourth-order valence-electron chi connectivity index (χ4n) is 1.99. The second-order valence-corrected chi connectivity index (χ2v) is 4.71. The molecule has 0 aliphatic heterocycles. The Morgan fingerprint density at radius 1 is 1.17 bits per heavy atom. The highest BCUT2D eigenvalue weighted by molar-refractivity contribution is 6.30. The molecule has 0 saturated carbocycles. The van der Waals surface area contributed by atoms with E-state index in [9.17, 15) is 0 Å². The van der Waals surface area contributed by atoms with Crippen LogP contribution < -0.4 is 10.5 Å². The van der Waals surface area contributed by atoms with Gasteiger partial charge in [-0.15, -0.1) is 0 Å². The average Bonchev–Trinajstić information content (AvgIpc) is 2.38. The Hall–Kier alpha value is -1.51. The third-order valence-electron chi connectivity index (χ3n) is 2.93. The van der Waals surface area contributed by atoms with Crippen LogP contribution >= 0.6 is 11.6 Å². The van der Waals surface area contributed by atoms with Crippen molar-refractivity contribution in [3.05, 3.63) is 64.2 Å². The van der Waals surface area contributed by atoms with Crippen molar-refractivity contribution in [1.82, 2.24) is 0 Å². The molecule has 2 nitrogen and oxygen atoms in total. The summed E-state index contributed by atoms with van der Waals surface area (Å²) in [6, 6.07) is 13.4. The molecule has 1 unspecified atom stereocenters. The number of methoxy groups -OCH3 is 1. The highest BCUT2D eigenvalue weighted by atomic mass is 35.5. The number of ether oxygens (including phenoxy) is 1. The van der Waals surface area contributed by atoms with Crippen LogP contribution in [0.3, 0.4) is 0 Å². The molecule has 2 N–H and O–H groups in total. The highest BCUT2D eigenvalue weighted by Gasteiger charge is 2.14. The molecule has 1 atom stereocenters. The van der Waals surface area contributed by atoms with Crippen LogP contribution in [0, 0.1) is 6.92 Å². The molecule has 0 bridgehead atoms. The van der Waals surface area contributed by atoms with Gasteiger partial charge in [-0.3, -0.25) is 0 Å². The Morgan fingerprint density at radius 3 is 2.61 bits per heavy atom. The van der Waals surface area contributed by atoms with Crippen LogP contribution in [0.1, 0.15) is 22.7 Å². The smallest absolute Gasteiger partial charge is 0.124 e. The van der Waals surface area contributed by atoms with Crippen LogP contribution in [0.25, 0.3) is 0 Å². The largest absolute Gasteiger partial charge is 0.496 e. The first-order valence-electron chi connectivity index (χ1n) is 5.77. The second kappa shape index (κ2) is 5.42. The van der Waals surface area contributed by atoms with Crippen molar-refractivity contribution >= 4 is 11.6 Å². The molecule has 0 amide bonds. The van der Waals surface area contributed by atoms with E-state index in [0.29, 0.717) is 5.02 Å². The number of benzene rings is 2. The van der Waals surface area contributed by atoms with E-state index in [-0.39, 0.29) is 6.04 Å². The lowest BCUT2D eigenvalue weighted by Crippen LogP contribution is -2.13. The van der Waals surface area contributed by atoms with Gasteiger partial charge in [0.15, 0.2) is 0 Å². The zero-order valence-corrected chi connectivity index (χ0v) is 11.2. The predicted octanol–water partition coefficient (Wildman–Crippen LogP) is 3.71.